The van der Waals surface area contributed by atoms with E-state index in [-0.39, 0.29) is 39.4 Å². The van der Waals surface area contributed by atoms with E-state index in [1.807, 2.05) is 0 Å². The standard InChI is InChI=1S/C15H23N3O5S2/c1-8-10(11(16)19)12(18-14(20)15(2,3)4)24-13(8)25(21,22)9-7-17-5-6-23-9/h9,17H,5-7H2,1-4H3,(H2,16,19)(H,18,20). The highest BCUT2D eigenvalue weighted by Gasteiger charge is 2.36. The summed E-state index contributed by atoms with van der Waals surface area (Å²) in [6, 6.07) is 0. The second-order valence-electron chi connectivity index (χ2n) is 6.84. The van der Waals surface area contributed by atoms with Crippen LogP contribution >= 0.6 is 11.3 Å². The van der Waals surface area contributed by atoms with Crippen LogP contribution in [-0.2, 0) is 19.4 Å². The van der Waals surface area contributed by atoms with Gasteiger partial charge in [-0.1, -0.05) is 20.8 Å². The summed E-state index contributed by atoms with van der Waals surface area (Å²) in [6.07, 6.45) is 0. The van der Waals surface area contributed by atoms with E-state index in [1.54, 1.807) is 20.8 Å². The number of hydrogen-bond acceptors (Lipinski definition) is 7. The molecule has 0 radical (unpaired) electrons. The van der Waals surface area contributed by atoms with Crippen molar-refractivity contribution >= 4 is 38.0 Å². The van der Waals surface area contributed by atoms with E-state index in [0.717, 1.165) is 11.3 Å². The van der Waals surface area contributed by atoms with Crippen molar-refractivity contribution in [2.75, 3.05) is 25.0 Å². The molecule has 1 fully saturated rings. The molecule has 1 aromatic rings. The van der Waals surface area contributed by atoms with Crippen LogP contribution in [0.1, 0.15) is 36.7 Å². The number of carbonyl (C=O) groups excluding carboxylic acids is 2. The van der Waals surface area contributed by atoms with Gasteiger partial charge in [-0.25, -0.2) is 8.42 Å². The van der Waals surface area contributed by atoms with Crippen LogP contribution in [0.25, 0.3) is 0 Å². The highest BCUT2D eigenvalue weighted by molar-refractivity contribution is 7.94. The number of thiophene rings is 1. The number of amides is 2. The van der Waals surface area contributed by atoms with Crippen molar-refractivity contribution in [2.45, 2.75) is 37.3 Å². The molecular weight excluding hydrogens is 366 g/mol. The first-order valence-electron chi connectivity index (χ1n) is 7.77. The summed E-state index contributed by atoms with van der Waals surface area (Å²) < 4.78 is 31.1. The number of primary amides is 1. The molecule has 1 aliphatic rings. The highest BCUT2D eigenvalue weighted by atomic mass is 32.2. The Bertz CT molecular complexity index is 787. The van der Waals surface area contributed by atoms with Crippen LogP contribution in [0.5, 0.6) is 0 Å². The number of rotatable bonds is 4. The number of anilines is 1. The fourth-order valence-electron chi connectivity index (χ4n) is 2.30. The number of sulfone groups is 1. The third kappa shape index (κ3) is 4.02. The number of nitrogens with one attached hydrogen (secondary N) is 2. The summed E-state index contributed by atoms with van der Waals surface area (Å²) in [6.45, 7) is 7.67. The number of hydrogen-bond donors (Lipinski definition) is 3. The number of carbonyl (C=O) groups is 2. The molecule has 2 amide bonds. The molecule has 1 aliphatic heterocycles. The second-order valence-corrected chi connectivity index (χ2v) is 10.1. The first-order chi connectivity index (χ1) is 11.5. The molecule has 0 bridgehead atoms. The summed E-state index contributed by atoms with van der Waals surface area (Å²) in [5.74, 6) is -1.13. The van der Waals surface area contributed by atoms with Gasteiger partial charge in [-0.2, -0.15) is 0 Å². The average molecular weight is 389 g/mol. The lowest BCUT2D eigenvalue weighted by atomic mass is 9.96. The number of nitrogens with two attached hydrogens (primary N) is 1. The minimum atomic E-state index is -3.82. The Morgan fingerprint density at radius 2 is 2.00 bits per heavy atom. The van der Waals surface area contributed by atoms with Crippen LogP contribution < -0.4 is 16.4 Å². The van der Waals surface area contributed by atoms with E-state index >= 15 is 0 Å². The molecule has 0 aliphatic carbocycles. The summed E-state index contributed by atoms with van der Waals surface area (Å²) in [5.41, 5.74) is 3.92. The normalized spacial score (nSPS) is 18.8. The van der Waals surface area contributed by atoms with E-state index < -0.39 is 26.6 Å². The van der Waals surface area contributed by atoms with E-state index in [1.165, 1.54) is 6.92 Å². The van der Waals surface area contributed by atoms with Crippen LogP contribution in [-0.4, -0.2) is 45.4 Å². The van der Waals surface area contributed by atoms with Crippen LogP contribution in [0.2, 0.25) is 0 Å². The van der Waals surface area contributed by atoms with Crippen LogP contribution in [0, 0.1) is 12.3 Å². The third-order valence-corrected chi connectivity index (χ3v) is 7.52. The van der Waals surface area contributed by atoms with Gasteiger partial charge in [-0.15, -0.1) is 11.3 Å². The van der Waals surface area contributed by atoms with Gasteiger partial charge in [0.05, 0.1) is 12.2 Å². The minimum Gasteiger partial charge on any atom is -0.365 e. The Kier molecular flexibility index (Phi) is 5.57. The van der Waals surface area contributed by atoms with Gasteiger partial charge in [0.25, 0.3) is 5.91 Å². The lowest BCUT2D eigenvalue weighted by Crippen LogP contribution is -2.42. The first-order valence-corrected chi connectivity index (χ1v) is 10.1. The van der Waals surface area contributed by atoms with E-state index in [0.29, 0.717) is 6.54 Å². The topological polar surface area (TPSA) is 128 Å². The van der Waals surface area contributed by atoms with Gasteiger partial charge >= 0.3 is 0 Å². The third-order valence-electron chi connectivity index (χ3n) is 3.76. The van der Waals surface area contributed by atoms with Crippen molar-refractivity contribution in [3.05, 3.63) is 11.1 Å². The molecule has 1 unspecified atom stereocenters. The Balaban J connectivity index is 2.48. The predicted molar refractivity (Wildman–Crippen MR) is 95.5 cm³/mol. The summed E-state index contributed by atoms with van der Waals surface area (Å²) in [4.78, 5) is 24.1. The molecule has 0 aromatic carbocycles. The van der Waals surface area contributed by atoms with Gasteiger partial charge < -0.3 is 21.1 Å². The maximum Gasteiger partial charge on any atom is 0.252 e. The molecule has 0 saturated carbocycles. The maximum absolute atomic E-state index is 12.9. The molecule has 8 nitrogen and oxygen atoms in total. The lowest BCUT2D eigenvalue weighted by molar-refractivity contribution is -0.123. The number of ether oxygens (including phenoxy) is 1. The molecule has 2 rings (SSSR count). The molecule has 0 spiro atoms. The van der Waals surface area contributed by atoms with Crippen LogP contribution in [0.4, 0.5) is 5.00 Å². The molecule has 25 heavy (non-hydrogen) atoms. The molecule has 10 heteroatoms. The van der Waals surface area contributed by atoms with E-state index in [9.17, 15) is 18.0 Å². The van der Waals surface area contributed by atoms with Crippen molar-refractivity contribution in [1.29, 1.82) is 0 Å². The first kappa shape index (κ1) is 19.8. The SMILES string of the molecule is Cc1c(S(=O)(=O)C2CNCCO2)sc(NC(=O)C(C)(C)C)c1C(N)=O. The van der Waals surface area contributed by atoms with Crippen molar-refractivity contribution in [3.8, 4) is 0 Å². The fraction of sp³-hybridized carbons (Fsp3) is 0.600. The van der Waals surface area contributed by atoms with Crippen molar-refractivity contribution in [2.24, 2.45) is 11.1 Å². The molecular formula is C15H23N3O5S2. The van der Waals surface area contributed by atoms with Gasteiger partial charge in [0.1, 0.15) is 9.21 Å². The zero-order valence-electron chi connectivity index (χ0n) is 14.6. The number of morpholine rings is 1. The minimum absolute atomic E-state index is 0.0146. The van der Waals surface area contributed by atoms with Gasteiger partial charge in [0.15, 0.2) is 5.44 Å². The maximum atomic E-state index is 12.9. The van der Waals surface area contributed by atoms with Crippen molar-refractivity contribution in [1.82, 2.24) is 5.32 Å². The van der Waals surface area contributed by atoms with Crippen molar-refractivity contribution in [3.63, 3.8) is 0 Å². The summed E-state index contributed by atoms with van der Waals surface area (Å²) >= 11 is 0.831. The molecule has 1 atom stereocenters. The average Bonchev–Trinajstić information content (AvgIpc) is 2.84. The summed E-state index contributed by atoms with van der Waals surface area (Å²) in [7, 11) is -3.82. The molecule has 140 valence electrons. The Morgan fingerprint density at radius 3 is 2.48 bits per heavy atom. The zero-order chi connectivity index (χ0) is 19.0. The van der Waals surface area contributed by atoms with Gasteiger partial charge in [0.2, 0.25) is 15.7 Å². The Hall–Kier alpha value is -1.49. The van der Waals surface area contributed by atoms with Gasteiger partial charge in [-0.05, 0) is 12.5 Å². The predicted octanol–water partition coefficient (Wildman–Crippen LogP) is 0.860. The second kappa shape index (κ2) is 7.02. The van der Waals surface area contributed by atoms with Gasteiger partial charge in [-0.3, -0.25) is 9.59 Å². The lowest BCUT2D eigenvalue weighted by Gasteiger charge is -2.23. The zero-order valence-corrected chi connectivity index (χ0v) is 16.3. The molecule has 1 saturated heterocycles. The smallest absolute Gasteiger partial charge is 0.252 e. The fourth-order valence-corrected chi connectivity index (χ4v) is 5.66. The monoisotopic (exact) mass is 389 g/mol. The summed E-state index contributed by atoms with van der Waals surface area (Å²) in [5, 5.41) is 5.74. The van der Waals surface area contributed by atoms with Crippen LogP contribution in [0.15, 0.2) is 4.21 Å². The Morgan fingerprint density at radius 1 is 1.36 bits per heavy atom. The molecule has 1 aromatic heterocycles. The van der Waals surface area contributed by atoms with Gasteiger partial charge in [0, 0.05) is 18.5 Å². The van der Waals surface area contributed by atoms with E-state index in [4.69, 9.17) is 10.5 Å². The quantitative estimate of drug-likeness (QED) is 0.701. The Labute approximate surface area is 151 Å². The highest BCUT2D eigenvalue weighted by Crippen LogP contribution is 2.38. The van der Waals surface area contributed by atoms with E-state index in [2.05, 4.69) is 10.6 Å². The largest absolute Gasteiger partial charge is 0.365 e. The van der Waals surface area contributed by atoms with Crippen LogP contribution in [0.3, 0.4) is 0 Å². The van der Waals surface area contributed by atoms with Crippen molar-refractivity contribution < 1.29 is 22.7 Å². The molecule has 2 heterocycles. The molecule has 4 N–H and O–H groups in total.